The minimum absolute atomic E-state index is 0.00135. The smallest absolute Gasteiger partial charge is 0.241 e. The summed E-state index contributed by atoms with van der Waals surface area (Å²) in [6, 6.07) is 13.8. The monoisotopic (exact) mass is 452 g/mol. The first kappa shape index (κ1) is 22.5. The number of carbonyl (C=O) groups excluding carboxylic acids is 1. The Balaban J connectivity index is 1.28. The predicted octanol–water partition coefficient (Wildman–Crippen LogP) is 5.10. The molecule has 7 heteroatoms. The number of piperidine rings is 1. The molecule has 1 aliphatic rings. The van der Waals surface area contributed by atoms with Gasteiger partial charge in [-0.2, -0.15) is 4.98 Å². The minimum Gasteiger partial charge on any atom is -0.349 e. The number of halogens is 1. The highest BCUT2D eigenvalue weighted by atomic mass is 35.5. The summed E-state index contributed by atoms with van der Waals surface area (Å²) in [6.45, 7) is 8.46. The molecule has 2 aromatic carbocycles. The zero-order valence-electron chi connectivity index (χ0n) is 18.8. The highest BCUT2D eigenvalue weighted by Gasteiger charge is 2.27. The van der Waals surface area contributed by atoms with Crippen LogP contribution in [-0.4, -0.2) is 34.0 Å². The minimum atomic E-state index is 0.00135. The largest absolute Gasteiger partial charge is 0.349 e. The van der Waals surface area contributed by atoms with Crippen molar-refractivity contribution in [3.8, 4) is 11.4 Å². The molecule has 1 amide bonds. The van der Waals surface area contributed by atoms with Crippen LogP contribution in [0.15, 0.2) is 47.0 Å². The third kappa shape index (κ3) is 5.19. The first-order valence-electron chi connectivity index (χ1n) is 11.1. The maximum absolute atomic E-state index is 12.8. The van der Waals surface area contributed by atoms with Crippen molar-refractivity contribution in [3.05, 3.63) is 70.1 Å². The number of aromatic nitrogens is 2. The number of likely N-dealkylation sites (tertiary alicyclic amines) is 1. The summed E-state index contributed by atoms with van der Waals surface area (Å²) >= 11 is 6.23. The first-order valence-corrected chi connectivity index (χ1v) is 11.5. The van der Waals surface area contributed by atoms with E-state index in [0.29, 0.717) is 23.3 Å². The van der Waals surface area contributed by atoms with Gasteiger partial charge in [0.15, 0.2) is 0 Å². The van der Waals surface area contributed by atoms with E-state index in [4.69, 9.17) is 16.1 Å². The molecule has 1 fully saturated rings. The zero-order valence-corrected chi connectivity index (χ0v) is 19.5. The fraction of sp³-hybridized carbons (Fsp3) is 0.400. The van der Waals surface area contributed by atoms with E-state index in [2.05, 4.69) is 52.4 Å². The van der Waals surface area contributed by atoms with E-state index in [9.17, 15) is 4.79 Å². The van der Waals surface area contributed by atoms with Crippen LogP contribution in [0.1, 0.15) is 48.4 Å². The van der Waals surface area contributed by atoms with Crippen LogP contribution < -0.4 is 5.32 Å². The van der Waals surface area contributed by atoms with Crippen molar-refractivity contribution < 1.29 is 9.32 Å². The zero-order chi connectivity index (χ0) is 22.7. The van der Waals surface area contributed by atoms with E-state index < -0.39 is 0 Å². The average Bonchev–Trinajstić information content (AvgIpc) is 3.24. The quantitative estimate of drug-likeness (QED) is 0.563. The van der Waals surface area contributed by atoms with Gasteiger partial charge in [0.05, 0.1) is 17.6 Å². The number of hydrogen-bond donors (Lipinski definition) is 1. The van der Waals surface area contributed by atoms with Crippen molar-refractivity contribution in [2.45, 2.75) is 46.2 Å². The normalized spacial score (nSPS) is 16.1. The Morgan fingerprint density at radius 2 is 1.94 bits per heavy atom. The number of amides is 1. The second kappa shape index (κ2) is 9.84. The molecule has 0 aliphatic carbocycles. The second-order valence-electron chi connectivity index (χ2n) is 8.62. The van der Waals surface area contributed by atoms with Gasteiger partial charge in [0.1, 0.15) is 0 Å². The van der Waals surface area contributed by atoms with E-state index in [1.807, 2.05) is 31.2 Å². The van der Waals surface area contributed by atoms with Crippen LogP contribution in [0.25, 0.3) is 11.4 Å². The molecule has 2 heterocycles. The SMILES string of the molecule is Cc1ccc(C(C)NC(=O)C2CCN(Cc3nc(-c4ccccc4Cl)no3)CC2)cc1C. The molecular formula is C25H29ClN4O2. The first-order chi connectivity index (χ1) is 15.4. The van der Waals surface area contributed by atoms with Crippen LogP contribution >= 0.6 is 11.6 Å². The van der Waals surface area contributed by atoms with Crippen molar-refractivity contribution >= 4 is 17.5 Å². The summed E-state index contributed by atoms with van der Waals surface area (Å²) in [4.78, 5) is 19.6. The lowest BCUT2D eigenvalue weighted by molar-refractivity contribution is -0.127. The maximum Gasteiger partial charge on any atom is 0.241 e. The van der Waals surface area contributed by atoms with Crippen LogP contribution in [-0.2, 0) is 11.3 Å². The number of carbonyl (C=O) groups is 1. The molecule has 0 bridgehead atoms. The Bertz CT molecular complexity index is 1090. The van der Waals surface area contributed by atoms with E-state index in [-0.39, 0.29) is 17.9 Å². The van der Waals surface area contributed by atoms with Gasteiger partial charge in [0.25, 0.3) is 0 Å². The van der Waals surface area contributed by atoms with Gasteiger partial charge in [-0.1, -0.05) is 47.1 Å². The molecule has 32 heavy (non-hydrogen) atoms. The molecule has 168 valence electrons. The summed E-state index contributed by atoms with van der Waals surface area (Å²) in [5.41, 5.74) is 4.41. The summed E-state index contributed by atoms with van der Waals surface area (Å²) in [6.07, 6.45) is 1.63. The number of benzene rings is 2. The van der Waals surface area contributed by atoms with Crippen molar-refractivity contribution in [1.29, 1.82) is 0 Å². The molecular weight excluding hydrogens is 424 g/mol. The molecule has 6 nitrogen and oxygen atoms in total. The van der Waals surface area contributed by atoms with Crippen LogP contribution in [0.3, 0.4) is 0 Å². The lowest BCUT2D eigenvalue weighted by atomic mass is 9.95. The topological polar surface area (TPSA) is 71.3 Å². The van der Waals surface area contributed by atoms with E-state index in [0.717, 1.165) is 37.1 Å². The highest BCUT2D eigenvalue weighted by Crippen LogP contribution is 2.26. The summed E-state index contributed by atoms with van der Waals surface area (Å²) in [5, 5.41) is 7.86. The molecule has 1 N–H and O–H groups in total. The average molecular weight is 453 g/mol. The third-order valence-electron chi connectivity index (χ3n) is 6.29. The fourth-order valence-corrected chi connectivity index (χ4v) is 4.28. The lowest BCUT2D eigenvalue weighted by Crippen LogP contribution is -2.41. The number of hydrogen-bond acceptors (Lipinski definition) is 5. The Kier molecular flexibility index (Phi) is 6.92. The third-order valence-corrected chi connectivity index (χ3v) is 6.62. The number of rotatable bonds is 6. The summed E-state index contributed by atoms with van der Waals surface area (Å²) < 4.78 is 5.43. The molecule has 0 saturated carbocycles. The molecule has 0 radical (unpaired) electrons. The van der Waals surface area contributed by atoms with Crippen LogP contribution in [0, 0.1) is 19.8 Å². The van der Waals surface area contributed by atoms with Crippen molar-refractivity contribution in [3.63, 3.8) is 0 Å². The van der Waals surface area contributed by atoms with Crippen LogP contribution in [0.4, 0.5) is 0 Å². The fourth-order valence-electron chi connectivity index (χ4n) is 4.06. The Labute approximate surface area is 194 Å². The Morgan fingerprint density at radius 3 is 2.66 bits per heavy atom. The van der Waals surface area contributed by atoms with Crippen LogP contribution in [0.5, 0.6) is 0 Å². The molecule has 0 spiro atoms. The molecule has 1 aliphatic heterocycles. The van der Waals surface area contributed by atoms with Gasteiger partial charge in [-0.15, -0.1) is 0 Å². The van der Waals surface area contributed by atoms with E-state index >= 15 is 0 Å². The molecule has 1 saturated heterocycles. The lowest BCUT2D eigenvalue weighted by Gasteiger charge is -2.31. The summed E-state index contributed by atoms with van der Waals surface area (Å²) in [7, 11) is 0. The van der Waals surface area contributed by atoms with Crippen molar-refractivity contribution in [1.82, 2.24) is 20.4 Å². The van der Waals surface area contributed by atoms with E-state index in [1.165, 1.54) is 11.1 Å². The standard InChI is InChI=1S/C25H29ClN4O2/c1-16-8-9-20(14-17(16)2)18(3)27-25(31)19-10-12-30(13-11-19)15-23-28-24(29-32-23)21-6-4-5-7-22(21)26/h4-9,14,18-19H,10-13,15H2,1-3H3,(H,27,31). The molecule has 3 aromatic rings. The van der Waals surface area contributed by atoms with Crippen molar-refractivity contribution in [2.24, 2.45) is 5.92 Å². The van der Waals surface area contributed by atoms with Gasteiger partial charge < -0.3 is 9.84 Å². The molecule has 1 unspecified atom stereocenters. The molecule has 1 atom stereocenters. The Hall–Kier alpha value is -2.70. The van der Waals surface area contributed by atoms with Gasteiger partial charge in [-0.25, -0.2) is 0 Å². The predicted molar refractivity (Wildman–Crippen MR) is 125 cm³/mol. The summed E-state index contributed by atoms with van der Waals surface area (Å²) in [5.74, 6) is 1.22. The maximum atomic E-state index is 12.8. The van der Waals surface area contributed by atoms with Gasteiger partial charge in [0.2, 0.25) is 17.6 Å². The number of nitrogens with one attached hydrogen (secondary N) is 1. The van der Waals surface area contributed by atoms with Gasteiger partial charge in [0, 0.05) is 11.5 Å². The highest BCUT2D eigenvalue weighted by molar-refractivity contribution is 6.33. The Morgan fingerprint density at radius 1 is 1.19 bits per heavy atom. The van der Waals surface area contributed by atoms with Gasteiger partial charge in [-0.3, -0.25) is 9.69 Å². The molecule has 1 aromatic heterocycles. The second-order valence-corrected chi connectivity index (χ2v) is 9.02. The van der Waals surface area contributed by atoms with Crippen molar-refractivity contribution in [2.75, 3.05) is 13.1 Å². The van der Waals surface area contributed by atoms with Gasteiger partial charge in [-0.05, 0) is 75.5 Å². The van der Waals surface area contributed by atoms with Crippen LogP contribution in [0.2, 0.25) is 5.02 Å². The molecule has 4 rings (SSSR count). The van der Waals surface area contributed by atoms with Gasteiger partial charge >= 0.3 is 0 Å². The number of aryl methyl sites for hydroxylation is 2. The number of nitrogens with zero attached hydrogens (tertiary/aromatic N) is 3. The van der Waals surface area contributed by atoms with E-state index in [1.54, 1.807) is 0 Å².